The number of pyridine rings is 1. The van der Waals surface area contributed by atoms with Gasteiger partial charge in [-0.15, -0.1) is 0 Å². The van der Waals surface area contributed by atoms with E-state index >= 15 is 0 Å². The average molecular weight is 549 g/mol. The summed E-state index contributed by atoms with van der Waals surface area (Å²) >= 11 is 1.32. The number of methoxy groups -OCH3 is 1. The number of aromatic nitrogens is 5. The van der Waals surface area contributed by atoms with Crippen LogP contribution in [0.25, 0.3) is 22.1 Å². The van der Waals surface area contributed by atoms with Crippen molar-refractivity contribution in [1.82, 2.24) is 33.9 Å². The third kappa shape index (κ3) is 3.99. The molecular weight excluding hydrogens is 516 g/mol. The standard InChI is InChI=1S/C27H32N8O3S/c1-5-34-19(25(36)35(15-6-7-15)16-8-9-16)10-18-21-20(28-13-32(21)3)23(30-24(18)34)31-27-29-14(2)22(39-27)26(37)33-11-17(12-33)38-4/h10,13,15-17H,5-9,11-12H2,1-4H3,(H,29,30,31). The first-order valence-electron chi connectivity index (χ1n) is 13.6. The fourth-order valence-corrected chi connectivity index (χ4v) is 6.55. The highest BCUT2D eigenvalue weighted by Gasteiger charge is 2.43. The van der Waals surface area contributed by atoms with Crippen LogP contribution in [0.2, 0.25) is 0 Å². The Morgan fingerprint density at radius 2 is 1.90 bits per heavy atom. The van der Waals surface area contributed by atoms with Crippen molar-refractivity contribution in [3.8, 4) is 0 Å². The summed E-state index contributed by atoms with van der Waals surface area (Å²) in [7, 11) is 3.62. The molecule has 5 heterocycles. The summed E-state index contributed by atoms with van der Waals surface area (Å²) in [5.41, 5.74) is 3.70. The van der Waals surface area contributed by atoms with E-state index in [0.29, 0.717) is 64.4 Å². The number of imidazole rings is 1. The number of hydrogen-bond acceptors (Lipinski definition) is 8. The molecule has 204 valence electrons. The molecule has 2 saturated carbocycles. The second kappa shape index (κ2) is 9.02. The number of anilines is 2. The normalized spacial score (nSPS) is 17.7. The lowest BCUT2D eigenvalue weighted by molar-refractivity contribution is -0.0190. The van der Waals surface area contributed by atoms with Crippen molar-refractivity contribution in [3.63, 3.8) is 0 Å². The minimum absolute atomic E-state index is 0.0309. The van der Waals surface area contributed by atoms with Crippen molar-refractivity contribution in [2.45, 2.75) is 64.3 Å². The van der Waals surface area contributed by atoms with Crippen LogP contribution in [0.1, 0.15) is 58.5 Å². The summed E-state index contributed by atoms with van der Waals surface area (Å²) in [5.74, 6) is 0.629. The Morgan fingerprint density at radius 3 is 2.54 bits per heavy atom. The highest BCUT2D eigenvalue weighted by molar-refractivity contribution is 7.17. The van der Waals surface area contributed by atoms with E-state index in [1.165, 1.54) is 11.3 Å². The van der Waals surface area contributed by atoms with E-state index in [2.05, 4.69) is 20.2 Å². The van der Waals surface area contributed by atoms with Gasteiger partial charge in [-0.25, -0.2) is 15.0 Å². The second-order valence-electron chi connectivity index (χ2n) is 10.8. The van der Waals surface area contributed by atoms with Gasteiger partial charge in [0.25, 0.3) is 11.8 Å². The van der Waals surface area contributed by atoms with E-state index in [0.717, 1.165) is 42.2 Å². The third-order valence-corrected chi connectivity index (χ3v) is 9.10. The van der Waals surface area contributed by atoms with Gasteiger partial charge in [0, 0.05) is 51.3 Å². The van der Waals surface area contributed by atoms with Crippen LogP contribution >= 0.6 is 11.3 Å². The van der Waals surface area contributed by atoms with Gasteiger partial charge in [-0.1, -0.05) is 11.3 Å². The molecule has 0 radical (unpaired) electrons. The number of likely N-dealkylation sites (tertiary alicyclic amines) is 1. The summed E-state index contributed by atoms with van der Waals surface area (Å²) in [6.45, 7) is 5.70. The Morgan fingerprint density at radius 1 is 1.18 bits per heavy atom. The minimum atomic E-state index is -0.0309. The van der Waals surface area contributed by atoms with Crippen LogP contribution in [-0.4, -0.2) is 84.1 Å². The van der Waals surface area contributed by atoms with Gasteiger partial charge in [0.2, 0.25) is 0 Å². The SMILES string of the molecule is CCn1c(C(=O)N(C2CC2)C2CC2)cc2c3c(ncn3C)c(Nc3nc(C)c(C(=O)N4CC(OC)C4)s3)nc21. The molecule has 11 nitrogen and oxygen atoms in total. The molecule has 4 aromatic heterocycles. The molecule has 1 N–H and O–H groups in total. The molecule has 3 fully saturated rings. The van der Waals surface area contributed by atoms with E-state index in [9.17, 15) is 9.59 Å². The molecule has 0 atom stereocenters. The van der Waals surface area contributed by atoms with Crippen molar-refractivity contribution in [3.05, 3.63) is 28.7 Å². The first kappa shape index (κ1) is 24.5. The van der Waals surface area contributed by atoms with Gasteiger partial charge in [-0.05, 0) is 45.6 Å². The smallest absolute Gasteiger partial charge is 0.271 e. The summed E-state index contributed by atoms with van der Waals surface area (Å²) in [6, 6.07) is 2.73. The van der Waals surface area contributed by atoms with E-state index in [4.69, 9.17) is 9.72 Å². The summed E-state index contributed by atoms with van der Waals surface area (Å²) < 4.78 is 9.30. The van der Waals surface area contributed by atoms with Gasteiger partial charge >= 0.3 is 0 Å². The Hall–Kier alpha value is -3.51. The lowest BCUT2D eigenvalue weighted by Crippen LogP contribution is -2.54. The number of carbonyl (C=O) groups is 2. The average Bonchev–Trinajstić information content (AvgIpc) is 3.80. The van der Waals surface area contributed by atoms with Gasteiger partial charge in [-0.2, -0.15) is 0 Å². The van der Waals surface area contributed by atoms with Crippen molar-refractivity contribution in [2.75, 3.05) is 25.5 Å². The Bertz CT molecular complexity index is 1610. The van der Waals surface area contributed by atoms with Crippen molar-refractivity contribution in [1.29, 1.82) is 0 Å². The van der Waals surface area contributed by atoms with Crippen molar-refractivity contribution < 1.29 is 14.3 Å². The molecule has 1 saturated heterocycles. The Labute approximate surface area is 229 Å². The van der Waals surface area contributed by atoms with Crippen LogP contribution in [0.5, 0.6) is 0 Å². The maximum atomic E-state index is 13.8. The number of carbonyl (C=O) groups excluding carboxylic acids is 2. The van der Waals surface area contributed by atoms with Gasteiger partial charge in [0.1, 0.15) is 21.7 Å². The molecule has 0 spiro atoms. The van der Waals surface area contributed by atoms with Crippen LogP contribution in [-0.2, 0) is 18.3 Å². The van der Waals surface area contributed by atoms with Crippen LogP contribution in [0.4, 0.5) is 10.9 Å². The number of aryl methyl sites for hydroxylation is 3. The minimum Gasteiger partial charge on any atom is -0.378 e. The van der Waals surface area contributed by atoms with Gasteiger partial charge in [0.05, 0.1) is 23.6 Å². The predicted molar refractivity (Wildman–Crippen MR) is 149 cm³/mol. The van der Waals surface area contributed by atoms with E-state index in [1.54, 1.807) is 18.3 Å². The molecule has 3 aliphatic rings. The largest absolute Gasteiger partial charge is 0.378 e. The highest BCUT2D eigenvalue weighted by atomic mass is 32.1. The molecule has 2 amide bonds. The number of thiazole rings is 1. The zero-order valence-electron chi connectivity index (χ0n) is 22.6. The van der Waals surface area contributed by atoms with Gasteiger partial charge < -0.3 is 29.0 Å². The molecule has 4 aromatic rings. The number of amides is 2. The molecule has 0 aromatic carbocycles. The summed E-state index contributed by atoms with van der Waals surface area (Å²) in [6.07, 6.45) is 6.23. The van der Waals surface area contributed by atoms with Crippen LogP contribution in [0, 0.1) is 6.92 Å². The first-order valence-corrected chi connectivity index (χ1v) is 14.4. The molecule has 0 bridgehead atoms. The van der Waals surface area contributed by atoms with Crippen LogP contribution in [0.15, 0.2) is 12.4 Å². The molecule has 2 aliphatic carbocycles. The van der Waals surface area contributed by atoms with E-state index < -0.39 is 0 Å². The Balaban J connectivity index is 1.27. The third-order valence-electron chi connectivity index (χ3n) is 8.04. The van der Waals surface area contributed by atoms with Crippen LogP contribution < -0.4 is 5.32 Å². The fraction of sp³-hybridized carbons (Fsp3) is 0.519. The zero-order chi connectivity index (χ0) is 27.0. The molecular formula is C27H32N8O3S. The topological polar surface area (TPSA) is 110 Å². The molecule has 39 heavy (non-hydrogen) atoms. The predicted octanol–water partition coefficient (Wildman–Crippen LogP) is 3.69. The lowest BCUT2D eigenvalue weighted by Gasteiger charge is -2.37. The number of nitrogens with one attached hydrogen (secondary N) is 1. The molecule has 12 heteroatoms. The Kier molecular flexibility index (Phi) is 5.67. The first-order chi connectivity index (χ1) is 18.9. The van der Waals surface area contributed by atoms with Gasteiger partial charge in [-0.3, -0.25) is 9.59 Å². The number of rotatable bonds is 8. The summed E-state index contributed by atoms with van der Waals surface area (Å²) in [5, 5.41) is 4.84. The van der Waals surface area contributed by atoms with Gasteiger partial charge in [0.15, 0.2) is 10.9 Å². The monoisotopic (exact) mass is 548 g/mol. The fourth-order valence-electron chi connectivity index (χ4n) is 5.61. The maximum absolute atomic E-state index is 13.8. The number of nitrogens with zero attached hydrogens (tertiary/aromatic N) is 7. The number of hydrogen-bond donors (Lipinski definition) is 1. The van der Waals surface area contributed by atoms with E-state index in [-0.39, 0.29) is 17.9 Å². The summed E-state index contributed by atoms with van der Waals surface area (Å²) in [4.78, 5) is 45.6. The zero-order valence-corrected chi connectivity index (χ0v) is 23.4. The van der Waals surface area contributed by atoms with E-state index in [1.807, 2.05) is 36.1 Å². The molecule has 0 unspecified atom stereocenters. The maximum Gasteiger partial charge on any atom is 0.271 e. The number of ether oxygens (including phenoxy) is 1. The van der Waals surface area contributed by atoms with Crippen molar-refractivity contribution >= 4 is 56.2 Å². The second-order valence-corrected chi connectivity index (χ2v) is 11.8. The quantitative estimate of drug-likeness (QED) is 0.358. The number of fused-ring (bicyclic) bond motifs is 3. The molecule has 1 aliphatic heterocycles. The van der Waals surface area contributed by atoms with Crippen LogP contribution in [0.3, 0.4) is 0 Å². The highest BCUT2D eigenvalue weighted by Crippen LogP contribution is 2.40. The van der Waals surface area contributed by atoms with Crippen molar-refractivity contribution in [2.24, 2.45) is 7.05 Å². The lowest BCUT2D eigenvalue weighted by atomic mass is 10.1. The molecule has 7 rings (SSSR count).